The third kappa shape index (κ3) is 6.41. The Kier molecular flexibility index (Phi) is 8.09. The van der Waals surface area contributed by atoms with Crippen molar-refractivity contribution in [2.45, 2.75) is 65.0 Å². The van der Waals surface area contributed by atoms with Gasteiger partial charge in [-0.05, 0) is 58.7 Å². The highest BCUT2D eigenvalue weighted by molar-refractivity contribution is 5.93. The predicted octanol–water partition coefficient (Wildman–Crippen LogP) is 4.28. The first-order chi connectivity index (χ1) is 19.6. The normalized spacial score (nSPS) is 16.2. The van der Waals surface area contributed by atoms with Crippen LogP contribution < -0.4 is 15.8 Å². The number of hydrogen-bond acceptors (Lipinski definition) is 10. The first kappa shape index (κ1) is 28.3. The summed E-state index contributed by atoms with van der Waals surface area (Å²) in [6.07, 6.45) is 6.83. The second-order valence-corrected chi connectivity index (χ2v) is 11.3. The lowest BCUT2D eigenvalue weighted by Gasteiger charge is -2.36. The summed E-state index contributed by atoms with van der Waals surface area (Å²) < 4.78 is 12.2. The number of amides is 1. The van der Waals surface area contributed by atoms with Crippen LogP contribution in [-0.2, 0) is 9.47 Å². The van der Waals surface area contributed by atoms with Crippen LogP contribution >= 0.6 is 0 Å². The fourth-order valence-electron chi connectivity index (χ4n) is 5.27. The zero-order chi connectivity index (χ0) is 29.1. The molecule has 2 aliphatic rings. The first-order valence-corrected chi connectivity index (χ1v) is 14.2. The van der Waals surface area contributed by atoms with E-state index >= 15 is 0 Å². The van der Waals surface area contributed by atoms with Gasteiger partial charge in [0.05, 0.1) is 18.5 Å². The number of hydrogen-bond donors (Lipinski definition) is 1. The molecular formula is C29H37N7O5. The van der Waals surface area contributed by atoms with Crippen LogP contribution in [0.2, 0.25) is 0 Å². The van der Waals surface area contributed by atoms with Gasteiger partial charge in [-0.2, -0.15) is 4.98 Å². The Hall–Kier alpha value is -4.22. The molecule has 3 aromatic heterocycles. The van der Waals surface area contributed by atoms with Gasteiger partial charge in [0, 0.05) is 43.8 Å². The molecule has 12 heteroatoms. The van der Waals surface area contributed by atoms with Gasteiger partial charge in [0.25, 0.3) is 5.56 Å². The van der Waals surface area contributed by atoms with Crippen LogP contribution in [0.1, 0.15) is 69.8 Å². The highest BCUT2D eigenvalue weighted by atomic mass is 16.6. The number of rotatable bonds is 6. The molecule has 41 heavy (non-hydrogen) atoms. The maximum Gasteiger partial charge on any atom is 0.410 e. The average molecular weight is 564 g/mol. The van der Waals surface area contributed by atoms with Crippen LogP contribution in [0.5, 0.6) is 0 Å². The van der Waals surface area contributed by atoms with E-state index in [2.05, 4.69) is 25.2 Å². The van der Waals surface area contributed by atoms with Crippen LogP contribution in [0.25, 0.3) is 11.0 Å². The Morgan fingerprint density at radius 2 is 1.78 bits per heavy atom. The van der Waals surface area contributed by atoms with E-state index in [-0.39, 0.29) is 29.9 Å². The molecule has 0 bridgehead atoms. The standard InChI is InChI=1S/C29H37N7O5/c1-5-40-26(38)22-16-19-17-31-27(33-24(19)36(25(22)37)20-8-6-7-9-20)32-23-11-10-21(18-30-23)34-12-14-35(15-13-34)28(39)41-29(2,3)4/h10-11,16-18,20H,5-9,12-15H2,1-4H3,(H,30,31,32,33). The van der Waals surface area contributed by atoms with Gasteiger partial charge in [0.1, 0.15) is 22.6 Å². The monoisotopic (exact) mass is 563 g/mol. The van der Waals surface area contributed by atoms with Gasteiger partial charge in [-0.25, -0.2) is 19.6 Å². The van der Waals surface area contributed by atoms with E-state index in [1.165, 1.54) is 6.07 Å². The van der Waals surface area contributed by atoms with E-state index in [0.29, 0.717) is 49.0 Å². The quantitative estimate of drug-likeness (QED) is 0.434. The van der Waals surface area contributed by atoms with E-state index in [0.717, 1.165) is 31.4 Å². The molecule has 5 rings (SSSR count). The molecule has 0 atom stereocenters. The van der Waals surface area contributed by atoms with Crippen molar-refractivity contribution in [2.75, 3.05) is 43.0 Å². The summed E-state index contributed by atoms with van der Waals surface area (Å²) in [6.45, 7) is 9.98. The molecule has 4 heterocycles. The highest BCUT2D eigenvalue weighted by Gasteiger charge is 2.27. The SMILES string of the molecule is CCOC(=O)c1cc2cnc(Nc3ccc(N4CCN(C(=O)OC(C)(C)C)CC4)cn3)nc2n(C2CCCC2)c1=O. The molecule has 1 aliphatic heterocycles. The minimum atomic E-state index is -0.635. The lowest BCUT2D eigenvalue weighted by atomic mass is 10.1. The molecule has 0 aromatic carbocycles. The van der Waals surface area contributed by atoms with Crippen molar-refractivity contribution in [3.8, 4) is 0 Å². The Morgan fingerprint density at radius 3 is 2.41 bits per heavy atom. The van der Waals surface area contributed by atoms with E-state index in [9.17, 15) is 14.4 Å². The molecule has 1 amide bonds. The summed E-state index contributed by atoms with van der Waals surface area (Å²) in [7, 11) is 0. The lowest BCUT2D eigenvalue weighted by Crippen LogP contribution is -2.50. The molecule has 0 unspecified atom stereocenters. The van der Waals surface area contributed by atoms with Crippen LogP contribution in [0.3, 0.4) is 0 Å². The summed E-state index contributed by atoms with van der Waals surface area (Å²) >= 11 is 0. The van der Waals surface area contributed by atoms with Crippen molar-refractivity contribution in [2.24, 2.45) is 0 Å². The maximum atomic E-state index is 13.4. The fraction of sp³-hybridized carbons (Fsp3) is 0.517. The summed E-state index contributed by atoms with van der Waals surface area (Å²) in [4.78, 5) is 55.8. The van der Waals surface area contributed by atoms with E-state index in [1.807, 2.05) is 32.9 Å². The van der Waals surface area contributed by atoms with Gasteiger partial charge >= 0.3 is 12.1 Å². The summed E-state index contributed by atoms with van der Waals surface area (Å²) in [6, 6.07) is 5.28. The van der Waals surface area contributed by atoms with Gasteiger partial charge in [-0.3, -0.25) is 9.36 Å². The fourth-order valence-corrected chi connectivity index (χ4v) is 5.27. The predicted molar refractivity (Wildman–Crippen MR) is 155 cm³/mol. The minimum Gasteiger partial charge on any atom is -0.462 e. The minimum absolute atomic E-state index is 0.000238. The maximum absolute atomic E-state index is 13.4. The number of fused-ring (bicyclic) bond motifs is 1. The number of ether oxygens (including phenoxy) is 2. The number of carbonyl (C=O) groups excluding carboxylic acids is 2. The number of piperazine rings is 1. The second kappa shape index (κ2) is 11.7. The average Bonchev–Trinajstić information content (AvgIpc) is 3.47. The van der Waals surface area contributed by atoms with Gasteiger partial charge in [0.15, 0.2) is 0 Å². The summed E-state index contributed by atoms with van der Waals surface area (Å²) in [5.74, 6) is 0.223. The third-order valence-corrected chi connectivity index (χ3v) is 7.24. The van der Waals surface area contributed by atoms with Crippen LogP contribution in [0.15, 0.2) is 35.4 Å². The van der Waals surface area contributed by atoms with Crippen molar-refractivity contribution in [3.63, 3.8) is 0 Å². The molecule has 218 valence electrons. The highest BCUT2D eigenvalue weighted by Crippen LogP contribution is 2.31. The van der Waals surface area contributed by atoms with Gasteiger partial charge in [-0.1, -0.05) is 12.8 Å². The molecule has 0 spiro atoms. The molecule has 3 aromatic rings. The third-order valence-electron chi connectivity index (χ3n) is 7.24. The number of nitrogens with one attached hydrogen (secondary N) is 1. The van der Waals surface area contributed by atoms with Crippen LogP contribution in [0.4, 0.5) is 22.2 Å². The van der Waals surface area contributed by atoms with Crippen molar-refractivity contribution < 1.29 is 19.1 Å². The number of esters is 1. The molecule has 1 saturated heterocycles. The van der Waals surface area contributed by atoms with Crippen molar-refractivity contribution >= 4 is 40.5 Å². The van der Waals surface area contributed by atoms with Gasteiger partial charge in [-0.15, -0.1) is 0 Å². The Bertz CT molecular complexity index is 1470. The molecule has 1 aliphatic carbocycles. The molecular weight excluding hydrogens is 526 g/mol. The van der Waals surface area contributed by atoms with Crippen LogP contribution in [-0.4, -0.2) is 74.9 Å². The zero-order valence-electron chi connectivity index (χ0n) is 24.1. The van der Waals surface area contributed by atoms with Gasteiger partial charge in [0.2, 0.25) is 5.95 Å². The van der Waals surface area contributed by atoms with Crippen molar-refractivity contribution in [3.05, 3.63) is 46.5 Å². The number of nitrogens with zero attached hydrogens (tertiary/aromatic N) is 6. The summed E-state index contributed by atoms with van der Waals surface area (Å²) in [5, 5.41) is 3.73. The summed E-state index contributed by atoms with van der Waals surface area (Å²) in [5.41, 5.74) is 0.517. The number of carbonyl (C=O) groups is 2. The lowest BCUT2D eigenvalue weighted by molar-refractivity contribution is 0.0240. The first-order valence-electron chi connectivity index (χ1n) is 14.2. The Morgan fingerprint density at radius 1 is 1.05 bits per heavy atom. The zero-order valence-corrected chi connectivity index (χ0v) is 24.1. The number of aromatic nitrogens is 4. The smallest absolute Gasteiger partial charge is 0.410 e. The second-order valence-electron chi connectivity index (χ2n) is 11.3. The largest absolute Gasteiger partial charge is 0.462 e. The molecule has 1 N–H and O–H groups in total. The van der Waals surface area contributed by atoms with E-state index < -0.39 is 11.6 Å². The van der Waals surface area contributed by atoms with Crippen LogP contribution in [0, 0.1) is 0 Å². The Balaban J connectivity index is 1.31. The van der Waals surface area contributed by atoms with Crippen molar-refractivity contribution in [1.29, 1.82) is 0 Å². The molecule has 1 saturated carbocycles. The molecule has 12 nitrogen and oxygen atoms in total. The van der Waals surface area contributed by atoms with E-state index in [1.54, 1.807) is 28.8 Å². The molecule has 2 fully saturated rings. The van der Waals surface area contributed by atoms with Crippen molar-refractivity contribution in [1.82, 2.24) is 24.4 Å². The van der Waals surface area contributed by atoms with E-state index in [4.69, 9.17) is 9.47 Å². The number of pyridine rings is 2. The Labute approximate surface area is 238 Å². The van der Waals surface area contributed by atoms with Gasteiger partial charge < -0.3 is 24.6 Å². The number of anilines is 3. The topological polar surface area (TPSA) is 132 Å². The molecule has 0 radical (unpaired) electrons.